The molecule has 0 amide bonds. The standard InChI is InChI=1S/C20H20/c1-3-7-19-15(5-1)9-11-17(19)13-14-18-12-10-16-6-2-4-8-20(16)18/h1-9,11,17-18H,10,12-14H2. The molecule has 0 bridgehead atoms. The SMILES string of the molecule is C1=CC(CCC2CCc3ccccc32)c2ccccc21. The van der Waals surface area contributed by atoms with Gasteiger partial charge >= 0.3 is 0 Å². The third kappa shape index (κ3) is 2.00. The number of hydrogen-bond acceptors (Lipinski definition) is 0. The molecule has 0 spiro atoms. The van der Waals surface area contributed by atoms with Crippen molar-refractivity contribution < 1.29 is 0 Å². The molecule has 2 aliphatic carbocycles. The van der Waals surface area contributed by atoms with Gasteiger partial charge in [-0.2, -0.15) is 0 Å². The molecule has 0 nitrogen and oxygen atoms in total. The molecule has 0 fully saturated rings. The van der Waals surface area contributed by atoms with Gasteiger partial charge in [0.2, 0.25) is 0 Å². The van der Waals surface area contributed by atoms with Gasteiger partial charge in [0.25, 0.3) is 0 Å². The largest absolute Gasteiger partial charge is 0.0764 e. The van der Waals surface area contributed by atoms with Crippen molar-refractivity contribution in [1.82, 2.24) is 0 Å². The molecule has 0 saturated heterocycles. The van der Waals surface area contributed by atoms with Gasteiger partial charge in [0.05, 0.1) is 0 Å². The van der Waals surface area contributed by atoms with Crippen molar-refractivity contribution in [2.75, 3.05) is 0 Å². The highest BCUT2D eigenvalue weighted by Crippen LogP contribution is 2.40. The van der Waals surface area contributed by atoms with E-state index in [1.165, 1.54) is 36.8 Å². The fourth-order valence-electron chi connectivity index (χ4n) is 3.90. The number of aryl methyl sites for hydroxylation is 1. The molecule has 2 aliphatic rings. The molecule has 4 rings (SSSR count). The lowest BCUT2D eigenvalue weighted by atomic mass is 9.89. The number of allylic oxidation sites excluding steroid dienone is 1. The van der Waals surface area contributed by atoms with Crippen molar-refractivity contribution in [2.24, 2.45) is 0 Å². The summed E-state index contributed by atoms with van der Waals surface area (Å²) in [6.07, 6.45) is 9.91. The van der Waals surface area contributed by atoms with Crippen LogP contribution in [0.25, 0.3) is 6.08 Å². The van der Waals surface area contributed by atoms with E-state index in [1.807, 2.05) is 0 Å². The Labute approximate surface area is 121 Å². The zero-order chi connectivity index (χ0) is 13.4. The Morgan fingerprint density at radius 3 is 2.60 bits per heavy atom. The minimum absolute atomic E-state index is 0.638. The zero-order valence-corrected chi connectivity index (χ0v) is 11.8. The summed E-state index contributed by atoms with van der Waals surface area (Å²) >= 11 is 0. The molecule has 2 atom stereocenters. The highest BCUT2D eigenvalue weighted by atomic mass is 14.3. The summed E-state index contributed by atoms with van der Waals surface area (Å²) in [5, 5.41) is 0. The second-order valence-electron chi connectivity index (χ2n) is 6.11. The molecule has 0 radical (unpaired) electrons. The van der Waals surface area contributed by atoms with Crippen LogP contribution in [0.1, 0.15) is 53.4 Å². The fraction of sp³-hybridized carbons (Fsp3) is 0.300. The average Bonchev–Trinajstić information content (AvgIpc) is 3.09. The maximum atomic E-state index is 2.39. The van der Waals surface area contributed by atoms with Gasteiger partial charge < -0.3 is 0 Å². The molecule has 0 heterocycles. The molecule has 2 unspecified atom stereocenters. The monoisotopic (exact) mass is 260 g/mol. The lowest BCUT2D eigenvalue weighted by molar-refractivity contribution is 0.565. The number of hydrogen-bond donors (Lipinski definition) is 0. The molecule has 2 aromatic rings. The van der Waals surface area contributed by atoms with Crippen molar-refractivity contribution in [3.8, 4) is 0 Å². The van der Waals surface area contributed by atoms with E-state index in [-0.39, 0.29) is 0 Å². The quantitative estimate of drug-likeness (QED) is 0.701. The topological polar surface area (TPSA) is 0 Å². The van der Waals surface area contributed by atoms with Gasteiger partial charge in [-0.25, -0.2) is 0 Å². The Morgan fingerprint density at radius 2 is 1.65 bits per heavy atom. The molecular formula is C20H20. The van der Waals surface area contributed by atoms with E-state index in [1.54, 1.807) is 11.1 Å². The summed E-state index contributed by atoms with van der Waals surface area (Å²) in [5.74, 6) is 1.42. The summed E-state index contributed by atoms with van der Waals surface area (Å²) in [6.45, 7) is 0. The van der Waals surface area contributed by atoms with Gasteiger partial charge in [-0.15, -0.1) is 0 Å². The molecule has 0 heteroatoms. The molecule has 0 N–H and O–H groups in total. The molecule has 0 saturated carbocycles. The summed E-state index contributed by atoms with van der Waals surface area (Å²) in [5.41, 5.74) is 6.14. The van der Waals surface area contributed by atoms with Crippen LogP contribution in [0, 0.1) is 0 Å². The van der Waals surface area contributed by atoms with Crippen molar-refractivity contribution in [3.63, 3.8) is 0 Å². The smallest absolute Gasteiger partial charge is 0.00274 e. The third-order valence-corrected chi connectivity index (χ3v) is 4.99. The van der Waals surface area contributed by atoms with E-state index >= 15 is 0 Å². The van der Waals surface area contributed by atoms with Crippen LogP contribution in [0.2, 0.25) is 0 Å². The first kappa shape index (κ1) is 12.0. The van der Waals surface area contributed by atoms with Gasteiger partial charge in [-0.1, -0.05) is 60.7 Å². The van der Waals surface area contributed by atoms with Gasteiger partial charge in [0.15, 0.2) is 0 Å². The lowest BCUT2D eigenvalue weighted by Crippen LogP contribution is -1.99. The first-order chi connectivity index (χ1) is 9.92. The van der Waals surface area contributed by atoms with Crippen LogP contribution in [-0.2, 0) is 6.42 Å². The first-order valence-electron chi connectivity index (χ1n) is 7.77. The highest BCUT2D eigenvalue weighted by molar-refractivity contribution is 5.62. The Bertz CT molecular complexity index is 651. The average molecular weight is 260 g/mol. The van der Waals surface area contributed by atoms with Crippen LogP contribution in [-0.4, -0.2) is 0 Å². The van der Waals surface area contributed by atoms with Crippen molar-refractivity contribution >= 4 is 6.08 Å². The summed E-state index contributed by atoms with van der Waals surface area (Å²) in [7, 11) is 0. The van der Waals surface area contributed by atoms with Crippen LogP contribution in [0.15, 0.2) is 54.6 Å². The van der Waals surface area contributed by atoms with Crippen molar-refractivity contribution in [3.05, 3.63) is 76.9 Å². The normalized spacial score (nSPS) is 22.8. The Balaban J connectivity index is 1.47. The highest BCUT2D eigenvalue weighted by Gasteiger charge is 2.24. The van der Waals surface area contributed by atoms with Gasteiger partial charge in [0.1, 0.15) is 0 Å². The van der Waals surface area contributed by atoms with E-state index in [0.717, 1.165) is 5.92 Å². The van der Waals surface area contributed by atoms with Crippen LogP contribution < -0.4 is 0 Å². The predicted octanol–water partition coefficient (Wildman–Crippen LogP) is 5.31. The van der Waals surface area contributed by atoms with E-state index in [9.17, 15) is 0 Å². The first-order valence-corrected chi connectivity index (χ1v) is 7.77. The van der Waals surface area contributed by atoms with Crippen molar-refractivity contribution in [1.29, 1.82) is 0 Å². The molecule has 2 aromatic carbocycles. The Kier molecular flexibility index (Phi) is 2.95. The van der Waals surface area contributed by atoms with Crippen molar-refractivity contribution in [2.45, 2.75) is 37.5 Å². The van der Waals surface area contributed by atoms with Crippen LogP contribution in [0.4, 0.5) is 0 Å². The number of benzene rings is 2. The Hall–Kier alpha value is -1.82. The zero-order valence-electron chi connectivity index (χ0n) is 11.8. The summed E-state index contributed by atoms with van der Waals surface area (Å²) in [6, 6.07) is 17.9. The van der Waals surface area contributed by atoms with E-state index in [0.29, 0.717) is 5.92 Å². The van der Waals surface area contributed by atoms with E-state index in [4.69, 9.17) is 0 Å². The lowest BCUT2D eigenvalue weighted by Gasteiger charge is -2.15. The fourth-order valence-corrected chi connectivity index (χ4v) is 3.90. The molecule has 0 aliphatic heterocycles. The van der Waals surface area contributed by atoms with Gasteiger partial charge in [-0.05, 0) is 53.9 Å². The number of rotatable bonds is 3. The van der Waals surface area contributed by atoms with Crippen LogP contribution in [0.5, 0.6) is 0 Å². The third-order valence-electron chi connectivity index (χ3n) is 4.99. The number of fused-ring (bicyclic) bond motifs is 2. The van der Waals surface area contributed by atoms with Crippen LogP contribution >= 0.6 is 0 Å². The Morgan fingerprint density at radius 1 is 0.850 bits per heavy atom. The minimum Gasteiger partial charge on any atom is -0.0764 e. The van der Waals surface area contributed by atoms with Gasteiger partial charge in [-0.3, -0.25) is 0 Å². The van der Waals surface area contributed by atoms with Gasteiger partial charge in [0, 0.05) is 5.92 Å². The molecule has 20 heavy (non-hydrogen) atoms. The molecule has 100 valence electrons. The van der Waals surface area contributed by atoms with Crippen LogP contribution in [0.3, 0.4) is 0 Å². The molecule has 0 aromatic heterocycles. The molecular weight excluding hydrogens is 240 g/mol. The maximum absolute atomic E-state index is 2.39. The summed E-state index contributed by atoms with van der Waals surface area (Å²) < 4.78 is 0. The van der Waals surface area contributed by atoms with E-state index in [2.05, 4.69) is 60.7 Å². The summed E-state index contributed by atoms with van der Waals surface area (Å²) in [4.78, 5) is 0. The predicted molar refractivity (Wildman–Crippen MR) is 85.0 cm³/mol. The minimum atomic E-state index is 0.638. The maximum Gasteiger partial charge on any atom is 0.00274 e. The second kappa shape index (κ2) is 4.94. The second-order valence-corrected chi connectivity index (χ2v) is 6.11. The van der Waals surface area contributed by atoms with E-state index < -0.39 is 0 Å².